The van der Waals surface area contributed by atoms with Crippen molar-refractivity contribution in [1.82, 2.24) is 0 Å². The van der Waals surface area contributed by atoms with Gasteiger partial charge in [-0.25, -0.2) is 0 Å². The molecule has 0 unspecified atom stereocenters. The van der Waals surface area contributed by atoms with Gasteiger partial charge in [0.25, 0.3) is 0 Å². The number of benzene rings is 2. The van der Waals surface area contributed by atoms with Gasteiger partial charge in [0.05, 0.1) is 39.3 Å². The number of carbonyl (C=O) groups excluding carboxylic acids is 1. The summed E-state index contributed by atoms with van der Waals surface area (Å²) in [4.78, 5) is 13.6. The van der Waals surface area contributed by atoms with Crippen molar-refractivity contribution in [3.8, 4) is 11.5 Å². The lowest BCUT2D eigenvalue weighted by Gasteiger charge is -2.36. The van der Waals surface area contributed by atoms with Crippen LogP contribution in [-0.4, -0.2) is 80.3 Å². The van der Waals surface area contributed by atoms with Crippen LogP contribution in [0, 0.1) is 0 Å². The van der Waals surface area contributed by atoms with Crippen LogP contribution in [0.3, 0.4) is 0 Å². The van der Waals surface area contributed by atoms with Crippen LogP contribution in [0.15, 0.2) is 48.5 Å². The van der Waals surface area contributed by atoms with Crippen LogP contribution >= 0.6 is 0 Å². The Labute approximate surface area is 253 Å². The number of rotatable bonds is 16. The molecule has 0 amide bonds. The van der Waals surface area contributed by atoms with E-state index < -0.39 is 0 Å². The lowest BCUT2D eigenvalue weighted by Crippen LogP contribution is -3.00. The highest BCUT2D eigenvalue weighted by Gasteiger charge is 2.25. The fraction of sp³-hybridized carbons (Fsp3) is 0.552. The van der Waals surface area contributed by atoms with Crippen molar-refractivity contribution in [3.63, 3.8) is 0 Å². The Bertz CT molecular complexity index is 825. The molecule has 204 valence electrons. The minimum Gasteiger partial charge on any atom is -1.00 e. The molecule has 0 aliphatic heterocycles. The van der Waals surface area contributed by atoms with Gasteiger partial charge in [-0.1, -0.05) is 36.4 Å². The number of hydrogen-bond donors (Lipinski definition) is 0. The Hall–Kier alpha value is -0.910. The van der Waals surface area contributed by atoms with E-state index in [-0.39, 0.29) is 53.7 Å². The third-order valence-corrected chi connectivity index (χ3v) is 7.92. The minimum absolute atomic E-state index is 0. The number of quaternary nitrogens is 2. The zero-order chi connectivity index (χ0) is 25.0. The molecule has 0 saturated heterocycles. The molecule has 2 aromatic rings. The second kappa shape index (κ2) is 17.6. The molecule has 5 nitrogen and oxygen atoms in total. The van der Waals surface area contributed by atoms with Gasteiger partial charge in [0.15, 0.2) is 0 Å². The third-order valence-electron chi connectivity index (χ3n) is 7.92. The predicted octanol–water partition coefficient (Wildman–Crippen LogP) is -0.564. The SMILES string of the molecule is CC[N+](CC)(CC)CCOc1cccc(OCC[N+](CC)(CC)CC)c1C(=O)c1ccccc1.[I-].[I-]. The quantitative estimate of drug-likeness (QED) is 0.133. The van der Waals surface area contributed by atoms with Crippen LogP contribution < -0.4 is 57.4 Å². The van der Waals surface area contributed by atoms with Gasteiger partial charge in [-0.15, -0.1) is 0 Å². The van der Waals surface area contributed by atoms with E-state index in [9.17, 15) is 4.79 Å². The van der Waals surface area contributed by atoms with E-state index in [1.165, 1.54) is 0 Å². The average molecular weight is 725 g/mol. The summed E-state index contributed by atoms with van der Waals surface area (Å²) in [6, 6.07) is 15.1. The molecule has 0 bridgehead atoms. The fourth-order valence-corrected chi connectivity index (χ4v) is 4.70. The Morgan fingerprint density at radius 3 is 1.36 bits per heavy atom. The Morgan fingerprint density at radius 2 is 1.00 bits per heavy atom. The molecule has 0 spiro atoms. The molecule has 0 aliphatic rings. The summed E-state index contributed by atoms with van der Waals surface area (Å²) in [6.45, 7) is 22.8. The Morgan fingerprint density at radius 1 is 0.611 bits per heavy atom. The number of hydrogen-bond acceptors (Lipinski definition) is 3. The first-order valence-corrected chi connectivity index (χ1v) is 13.1. The summed E-state index contributed by atoms with van der Waals surface area (Å²) in [5.74, 6) is 1.15. The molecule has 0 saturated carbocycles. The van der Waals surface area contributed by atoms with Gasteiger partial charge >= 0.3 is 0 Å². The molecule has 2 aromatic carbocycles. The maximum atomic E-state index is 13.6. The molecule has 0 N–H and O–H groups in total. The summed E-state index contributed by atoms with van der Waals surface area (Å²) in [5, 5.41) is 0. The molecule has 36 heavy (non-hydrogen) atoms. The summed E-state index contributed by atoms with van der Waals surface area (Å²) in [6.07, 6.45) is 0. The summed E-state index contributed by atoms with van der Waals surface area (Å²) in [5.41, 5.74) is 1.17. The normalized spacial score (nSPS) is 11.3. The van der Waals surface area contributed by atoms with Crippen molar-refractivity contribution in [2.45, 2.75) is 41.5 Å². The molecule has 0 radical (unpaired) electrons. The molecular formula is C29H46I2N2O3. The van der Waals surface area contributed by atoms with E-state index >= 15 is 0 Å². The zero-order valence-electron chi connectivity index (χ0n) is 23.1. The molecule has 0 atom stereocenters. The van der Waals surface area contributed by atoms with E-state index in [2.05, 4.69) is 41.5 Å². The van der Waals surface area contributed by atoms with Gasteiger partial charge in [0, 0.05) is 5.56 Å². The lowest BCUT2D eigenvalue weighted by atomic mass is 10.0. The average Bonchev–Trinajstić information content (AvgIpc) is 2.90. The zero-order valence-corrected chi connectivity index (χ0v) is 27.4. The first kappa shape index (κ1) is 35.1. The van der Waals surface area contributed by atoms with Crippen LogP contribution in [0.2, 0.25) is 0 Å². The van der Waals surface area contributed by atoms with E-state index in [4.69, 9.17) is 9.47 Å². The highest BCUT2D eigenvalue weighted by molar-refractivity contribution is 6.12. The third kappa shape index (κ3) is 9.13. The molecule has 0 aliphatic carbocycles. The van der Waals surface area contributed by atoms with Crippen molar-refractivity contribution >= 4 is 5.78 Å². The molecule has 2 rings (SSSR count). The van der Waals surface area contributed by atoms with Crippen molar-refractivity contribution in [2.24, 2.45) is 0 Å². The second-order valence-electron chi connectivity index (χ2n) is 9.05. The van der Waals surface area contributed by atoms with Crippen LogP contribution in [0.4, 0.5) is 0 Å². The number of nitrogens with zero attached hydrogens (tertiary/aromatic N) is 2. The maximum absolute atomic E-state index is 13.6. The largest absolute Gasteiger partial charge is 1.00 e. The molecule has 0 aromatic heterocycles. The summed E-state index contributed by atoms with van der Waals surface area (Å²) < 4.78 is 14.6. The number of ether oxygens (including phenoxy) is 2. The summed E-state index contributed by atoms with van der Waals surface area (Å²) in [7, 11) is 0. The molecule has 7 heteroatoms. The highest BCUT2D eigenvalue weighted by Crippen LogP contribution is 2.31. The standard InChI is InChI=1S/C29H46N2O3.2HI/c1-7-30(8-2,9-3)21-23-33-26-19-16-20-27(34-24-22-31(10-4,11-5)12-6)28(26)29(32)25-17-14-13-15-18-25;;/h13-20H,7-12,21-24H2,1-6H3;2*1H/q+2;;/p-2. The van der Waals surface area contributed by atoms with Crippen molar-refractivity contribution in [3.05, 3.63) is 59.7 Å². The van der Waals surface area contributed by atoms with E-state index in [0.29, 0.717) is 35.8 Å². The van der Waals surface area contributed by atoms with Gasteiger partial charge < -0.3 is 66.4 Å². The van der Waals surface area contributed by atoms with Gasteiger partial charge in [-0.2, -0.15) is 0 Å². The molecule has 0 heterocycles. The van der Waals surface area contributed by atoms with Crippen molar-refractivity contribution < 1.29 is 71.2 Å². The first-order chi connectivity index (χ1) is 16.4. The van der Waals surface area contributed by atoms with E-state index in [1.807, 2.05) is 48.5 Å². The number of ketones is 1. The van der Waals surface area contributed by atoms with Gasteiger partial charge in [0.2, 0.25) is 5.78 Å². The summed E-state index contributed by atoms with van der Waals surface area (Å²) >= 11 is 0. The van der Waals surface area contributed by atoms with Gasteiger partial charge in [0.1, 0.15) is 43.4 Å². The first-order valence-electron chi connectivity index (χ1n) is 13.1. The van der Waals surface area contributed by atoms with Gasteiger partial charge in [-0.05, 0) is 53.7 Å². The van der Waals surface area contributed by atoms with Gasteiger partial charge in [-0.3, -0.25) is 4.79 Å². The fourth-order valence-electron chi connectivity index (χ4n) is 4.70. The van der Waals surface area contributed by atoms with Crippen molar-refractivity contribution in [1.29, 1.82) is 0 Å². The van der Waals surface area contributed by atoms with Crippen LogP contribution in [-0.2, 0) is 0 Å². The molecular weight excluding hydrogens is 678 g/mol. The highest BCUT2D eigenvalue weighted by atomic mass is 127. The smallest absolute Gasteiger partial charge is 0.200 e. The van der Waals surface area contributed by atoms with Crippen LogP contribution in [0.5, 0.6) is 11.5 Å². The molecule has 0 fully saturated rings. The number of likely N-dealkylation sites (N-methyl/N-ethyl adjacent to an activating group) is 2. The minimum atomic E-state index is -0.0596. The van der Waals surface area contributed by atoms with E-state index in [1.54, 1.807) is 0 Å². The van der Waals surface area contributed by atoms with Crippen LogP contribution in [0.25, 0.3) is 0 Å². The lowest BCUT2D eigenvalue weighted by molar-refractivity contribution is -0.923. The second-order valence-corrected chi connectivity index (χ2v) is 9.05. The number of carbonyl (C=O) groups is 1. The maximum Gasteiger partial charge on any atom is 0.200 e. The topological polar surface area (TPSA) is 35.5 Å². The Balaban J connectivity index is 0.00000612. The monoisotopic (exact) mass is 724 g/mol. The Kier molecular flexibility index (Phi) is 17.1. The van der Waals surface area contributed by atoms with Crippen molar-refractivity contribution in [2.75, 3.05) is 65.6 Å². The number of halogens is 2. The predicted molar refractivity (Wildman–Crippen MR) is 141 cm³/mol. The van der Waals surface area contributed by atoms with Crippen LogP contribution in [0.1, 0.15) is 57.5 Å². The van der Waals surface area contributed by atoms with E-state index in [0.717, 1.165) is 61.3 Å².